The van der Waals surface area contributed by atoms with E-state index in [4.69, 9.17) is 23.2 Å². The van der Waals surface area contributed by atoms with E-state index in [1.807, 2.05) is 0 Å². The number of carbonyl (C=O) groups is 1. The molecule has 6 nitrogen and oxygen atoms in total. The van der Waals surface area contributed by atoms with Crippen LogP contribution in [0.1, 0.15) is 19.3 Å². The van der Waals surface area contributed by atoms with E-state index in [9.17, 15) is 18.3 Å². The number of amides is 1. The molecule has 1 amide bonds. The van der Waals surface area contributed by atoms with E-state index >= 15 is 0 Å². The van der Waals surface area contributed by atoms with E-state index in [0.29, 0.717) is 19.3 Å². The zero-order chi connectivity index (χ0) is 16.8. The molecule has 1 unspecified atom stereocenters. The fourth-order valence-corrected chi connectivity index (χ4v) is 5.81. The van der Waals surface area contributed by atoms with Gasteiger partial charge in [-0.15, -0.1) is 0 Å². The summed E-state index contributed by atoms with van der Waals surface area (Å²) in [6.45, 7) is 0.0440. The third-order valence-corrected chi connectivity index (χ3v) is 6.60. The average molecular weight is 379 g/mol. The summed E-state index contributed by atoms with van der Waals surface area (Å²) in [6.07, 6.45) is 0.652. The van der Waals surface area contributed by atoms with Gasteiger partial charge in [0.05, 0.1) is 17.0 Å². The number of fused-ring (bicyclic) bond motifs is 2. The number of nitrogens with zero attached hydrogens (tertiary/aromatic N) is 1. The Hall–Kier alpha value is -0.860. The first-order valence-electron chi connectivity index (χ1n) is 7.26. The van der Waals surface area contributed by atoms with Gasteiger partial charge in [0.15, 0.2) is 0 Å². The molecule has 2 bridgehead atoms. The predicted molar refractivity (Wildman–Crippen MR) is 85.9 cm³/mol. The molecule has 0 aliphatic carbocycles. The quantitative estimate of drug-likeness (QED) is 0.813. The lowest BCUT2D eigenvalue weighted by atomic mass is 9.96. The molecule has 0 spiro atoms. The van der Waals surface area contributed by atoms with Crippen molar-refractivity contribution < 1.29 is 18.3 Å². The molecule has 9 heteroatoms. The Bertz CT molecular complexity index is 720. The number of rotatable bonds is 2. The second kappa shape index (κ2) is 6.22. The second-order valence-corrected chi connectivity index (χ2v) is 8.48. The Kier molecular flexibility index (Phi) is 4.59. The summed E-state index contributed by atoms with van der Waals surface area (Å²) in [6, 6.07) is 2.57. The van der Waals surface area contributed by atoms with Crippen molar-refractivity contribution in [3.05, 3.63) is 28.2 Å². The van der Waals surface area contributed by atoms with Crippen molar-refractivity contribution in [2.24, 2.45) is 0 Å². The first-order valence-corrected chi connectivity index (χ1v) is 9.46. The number of carbonyl (C=O) groups excluding carboxylic acids is 1. The van der Waals surface area contributed by atoms with Crippen molar-refractivity contribution in [1.82, 2.24) is 9.62 Å². The summed E-state index contributed by atoms with van der Waals surface area (Å²) < 4.78 is 27.3. The smallest absolute Gasteiger partial charge is 0.244 e. The fourth-order valence-electron chi connectivity index (χ4n) is 3.22. The molecule has 0 saturated carbocycles. The van der Waals surface area contributed by atoms with E-state index in [1.165, 1.54) is 18.2 Å². The summed E-state index contributed by atoms with van der Waals surface area (Å²) in [4.78, 5) is 12.1. The number of nitrogens with one attached hydrogen (secondary N) is 1. The van der Waals surface area contributed by atoms with Gasteiger partial charge in [-0.05, 0) is 37.5 Å². The Morgan fingerprint density at radius 1 is 1.17 bits per heavy atom. The molecule has 2 fully saturated rings. The van der Waals surface area contributed by atoms with Crippen LogP contribution in [0.4, 0.5) is 0 Å². The maximum atomic E-state index is 13.1. The van der Waals surface area contributed by atoms with Crippen LogP contribution in [0, 0.1) is 0 Å². The van der Waals surface area contributed by atoms with Crippen molar-refractivity contribution >= 4 is 39.1 Å². The van der Waals surface area contributed by atoms with E-state index in [2.05, 4.69) is 5.32 Å². The van der Waals surface area contributed by atoms with Gasteiger partial charge in [-0.3, -0.25) is 4.79 Å². The standard InChI is InChI=1S/C14H16Cl2N2O4S/c15-8-4-9(16)6-10(5-8)23(21,22)18-11-2-1-3-12(18)14(20)17-7-13(11)19/h4-6,11-13,19H,1-3,7H2,(H,17,20)/t11-,12?,13-/m0/s1. The van der Waals surface area contributed by atoms with Crippen molar-refractivity contribution in [3.8, 4) is 0 Å². The Balaban J connectivity index is 2.11. The highest BCUT2D eigenvalue weighted by atomic mass is 35.5. The third kappa shape index (κ3) is 3.08. The normalized spacial score (nSPS) is 29.0. The molecule has 23 heavy (non-hydrogen) atoms. The van der Waals surface area contributed by atoms with Gasteiger partial charge in [0.2, 0.25) is 15.9 Å². The highest BCUT2D eigenvalue weighted by Crippen LogP contribution is 2.34. The van der Waals surface area contributed by atoms with Crippen LogP contribution in [-0.4, -0.2) is 48.5 Å². The third-order valence-electron chi connectivity index (χ3n) is 4.26. The van der Waals surface area contributed by atoms with Crippen LogP contribution in [0.2, 0.25) is 10.0 Å². The SMILES string of the molecule is O=C1NC[C@H](O)[C@@H]2CCCC1N2S(=O)(=O)c1cc(Cl)cc(Cl)c1. The molecule has 2 aliphatic rings. The summed E-state index contributed by atoms with van der Waals surface area (Å²) in [5, 5.41) is 13.2. The molecule has 3 rings (SSSR count). The van der Waals surface area contributed by atoms with Gasteiger partial charge in [-0.1, -0.05) is 23.2 Å². The number of aliphatic hydroxyl groups excluding tert-OH is 1. The highest BCUT2D eigenvalue weighted by molar-refractivity contribution is 7.89. The van der Waals surface area contributed by atoms with Gasteiger partial charge < -0.3 is 10.4 Å². The minimum absolute atomic E-state index is 0.0440. The van der Waals surface area contributed by atoms with Gasteiger partial charge in [0.25, 0.3) is 0 Å². The Morgan fingerprint density at radius 3 is 2.48 bits per heavy atom. The second-order valence-electron chi connectivity index (χ2n) is 5.77. The lowest BCUT2D eigenvalue weighted by Gasteiger charge is -2.39. The molecule has 2 saturated heterocycles. The van der Waals surface area contributed by atoms with E-state index in [0.717, 1.165) is 4.31 Å². The van der Waals surface area contributed by atoms with Crippen LogP contribution in [-0.2, 0) is 14.8 Å². The molecule has 2 heterocycles. The summed E-state index contributed by atoms with van der Waals surface area (Å²) in [5.41, 5.74) is 0. The van der Waals surface area contributed by atoms with Gasteiger partial charge in [-0.25, -0.2) is 8.42 Å². The Labute approximate surface area is 144 Å². The fraction of sp³-hybridized carbons (Fsp3) is 0.500. The lowest BCUT2D eigenvalue weighted by molar-refractivity contribution is -0.125. The zero-order valence-corrected chi connectivity index (χ0v) is 14.4. The first kappa shape index (κ1) is 17.0. The minimum Gasteiger partial charge on any atom is -0.390 e. The number of halogens is 2. The zero-order valence-electron chi connectivity index (χ0n) is 12.1. The van der Waals surface area contributed by atoms with Gasteiger partial charge >= 0.3 is 0 Å². The Morgan fingerprint density at radius 2 is 1.83 bits per heavy atom. The highest BCUT2D eigenvalue weighted by Gasteiger charge is 2.47. The number of benzene rings is 1. The van der Waals surface area contributed by atoms with E-state index in [1.54, 1.807) is 0 Å². The summed E-state index contributed by atoms with van der Waals surface area (Å²) in [5.74, 6) is -0.386. The number of β-amino-alcohol motifs (C(OH)–C–C–N with tert-alkyl or cyclic N) is 1. The molecule has 1 aromatic carbocycles. The number of piperidine rings is 1. The molecule has 0 radical (unpaired) electrons. The molecule has 3 atom stereocenters. The van der Waals surface area contributed by atoms with Gasteiger partial charge in [0.1, 0.15) is 6.04 Å². The van der Waals surface area contributed by atoms with Crippen molar-refractivity contribution in [3.63, 3.8) is 0 Å². The number of sulfonamides is 1. The van der Waals surface area contributed by atoms with Crippen molar-refractivity contribution in [1.29, 1.82) is 0 Å². The lowest BCUT2D eigenvalue weighted by Crippen LogP contribution is -2.55. The number of hydrogen-bond donors (Lipinski definition) is 2. The monoisotopic (exact) mass is 378 g/mol. The van der Waals surface area contributed by atoms with Gasteiger partial charge in [-0.2, -0.15) is 4.31 Å². The van der Waals surface area contributed by atoms with Crippen molar-refractivity contribution in [2.45, 2.75) is 42.3 Å². The molecular weight excluding hydrogens is 363 g/mol. The van der Waals surface area contributed by atoms with Crippen LogP contribution in [0.15, 0.2) is 23.1 Å². The molecule has 0 aromatic heterocycles. The number of aliphatic hydroxyl groups is 1. The van der Waals surface area contributed by atoms with Crippen molar-refractivity contribution in [2.75, 3.05) is 6.54 Å². The van der Waals surface area contributed by atoms with Crippen LogP contribution in [0.25, 0.3) is 0 Å². The maximum Gasteiger partial charge on any atom is 0.244 e. The first-order chi connectivity index (χ1) is 10.8. The van der Waals surface area contributed by atoms with E-state index in [-0.39, 0.29) is 27.4 Å². The maximum absolute atomic E-state index is 13.1. The molecule has 2 aliphatic heterocycles. The predicted octanol–water partition coefficient (Wildman–Crippen LogP) is 1.40. The molecule has 1 aromatic rings. The van der Waals surface area contributed by atoms with Crippen LogP contribution < -0.4 is 5.32 Å². The summed E-state index contributed by atoms with van der Waals surface area (Å²) >= 11 is 11.8. The van der Waals surface area contributed by atoms with E-state index < -0.39 is 28.2 Å². The van der Waals surface area contributed by atoms with Crippen LogP contribution >= 0.6 is 23.2 Å². The molecule has 2 N–H and O–H groups in total. The summed E-state index contributed by atoms with van der Waals surface area (Å²) in [7, 11) is -4.01. The molecule has 126 valence electrons. The van der Waals surface area contributed by atoms with Crippen LogP contribution in [0.3, 0.4) is 0 Å². The minimum atomic E-state index is -4.01. The number of hydrogen-bond acceptors (Lipinski definition) is 4. The molecular formula is C14H16Cl2N2O4S. The average Bonchev–Trinajstić information content (AvgIpc) is 2.56. The van der Waals surface area contributed by atoms with Gasteiger partial charge in [0, 0.05) is 16.6 Å². The largest absolute Gasteiger partial charge is 0.390 e. The topological polar surface area (TPSA) is 86.7 Å². The van der Waals surface area contributed by atoms with Crippen LogP contribution in [0.5, 0.6) is 0 Å².